The quantitative estimate of drug-likeness (QED) is 0.777. The zero-order valence-electron chi connectivity index (χ0n) is 10.1. The van der Waals surface area contributed by atoms with E-state index in [0.29, 0.717) is 11.3 Å². The molecule has 20 heavy (non-hydrogen) atoms. The van der Waals surface area contributed by atoms with Gasteiger partial charge in [0.2, 0.25) is 0 Å². The highest BCUT2D eigenvalue weighted by molar-refractivity contribution is 6.30. The summed E-state index contributed by atoms with van der Waals surface area (Å²) in [5.41, 5.74) is 0.286. The lowest BCUT2D eigenvalue weighted by Crippen LogP contribution is -2.06. The Morgan fingerprint density at radius 3 is 2.45 bits per heavy atom. The van der Waals surface area contributed by atoms with E-state index in [9.17, 15) is 17.6 Å². The van der Waals surface area contributed by atoms with Crippen LogP contribution in [0.1, 0.15) is 11.1 Å². The van der Waals surface area contributed by atoms with Crippen molar-refractivity contribution in [2.45, 2.75) is 12.7 Å². The highest BCUT2D eigenvalue weighted by Crippen LogP contribution is 2.30. The van der Waals surface area contributed by atoms with Crippen LogP contribution in [-0.4, -0.2) is 0 Å². The van der Waals surface area contributed by atoms with Gasteiger partial charge in [-0.1, -0.05) is 23.7 Å². The van der Waals surface area contributed by atoms with E-state index in [1.807, 2.05) is 0 Å². The summed E-state index contributed by atoms with van der Waals surface area (Å²) in [4.78, 5) is 0. The Balaban J connectivity index is 2.09. The Hall–Kier alpha value is -1.75. The first-order chi connectivity index (χ1) is 9.36. The fourth-order valence-corrected chi connectivity index (χ4v) is 1.86. The van der Waals surface area contributed by atoms with Gasteiger partial charge in [-0.3, -0.25) is 0 Å². The minimum absolute atomic E-state index is 0.0201. The predicted octanol–water partition coefficient (Wildman–Crippen LogP) is 5.11. The number of hydrogen-bond acceptors (Lipinski definition) is 1. The maximum atomic E-state index is 13.0. The standard InChI is InChI=1S/C14H10ClF4N/c15-12-6-9(4-5-13(12)16)8-20-11-3-1-2-10(7-11)14(17,18)19/h1-7,20H,8H2. The molecule has 1 nitrogen and oxygen atoms in total. The minimum Gasteiger partial charge on any atom is -0.381 e. The molecule has 0 spiro atoms. The van der Waals surface area contributed by atoms with Crippen molar-refractivity contribution in [2.24, 2.45) is 0 Å². The number of rotatable bonds is 3. The van der Waals surface area contributed by atoms with Crippen molar-refractivity contribution >= 4 is 17.3 Å². The lowest BCUT2D eigenvalue weighted by Gasteiger charge is -2.11. The van der Waals surface area contributed by atoms with Crippen LogP contribution in [0.3, 0.4) is 0 Å². The summed E-state index contributed by atoms with van der Waals surface area (Å²) in [5.74, 6) is -0.533. The monoisotopic (exact) mass is 303 g/mol. The van der Waals surface area contributed by atoms with Crippen LogP contribution in [0.2, 0.25) is 5.02 Å². The van der Waals surface area contributed by atoms with Crippen LogP contribution < -0.4 is 5.32 Å². The second-order valence-corrected chi connectivity index (χ2v) is 4.59. The van der Waals surface area contributed by atoms with Crippen LogP contribution in [0.25, 0.3) is 0 Å². The van der Waals surface area contributed by atoms with Crippen LogP contribution in [0.5, 0.6) is 0 Å². The average molecular weight is 304 g/mol. The molecule has 0 amide bonds. The molecule has 1 N–H and O–H groups in total. The van der Waals surface area contributed by atoms with Gasteiger partial charge < -0.3 is 5.32 Å². The molecule has 0 aliphatic heterocycles. The largest absolute Gasteiger partial charge is 0.416 e. The van der Waals surface area contributed by atoms with E-state index in [1.54, 1.807) is 0 Å². The molecular formula is C14H10ClF4N. The molecule has 0 atom stereocenters. The highest BCUT2D eigenvalue weighted by Gasteiger charge is 2.30. The molecule has 2 rings (SSSR count). The molecule has 0 aliphatic carbocycles. The van der Waals surface area contributed by atoms with E-state index in [4.69, 9.17) is 11.6 Å². The topological polar surface area (TPSA) is 12.0 Å². The number of halogens is 5. The van der Waals surface area contributed by atoms with Crippen LogP contribution in [-0.2, 0) is 12.7 Å². The molecule has 2 aromatic rings. The van der Waals surface area contributed by atoms with Crippen molar-refractivity contribution < 1.29 is 17.6 Å². The maximum Gasteiger partial charge on any atom is 0.416 e. The fraction of sp³-hybridized carbons (Fsp3) is 0.143. The first-order valence-corrected chi connectivity index (χ1v) is 6.09. The molecule has 106 valence electrons. The summed E-state index contributed by atoms with van der Waals surface area (Å²) in [6.07, 6.45) is -4.38. The van der Waals surface area contributed by atoms with E-state index < -0.39 is 17.6 Å². The SMILES string of the molecule is Fc1ccc(CNc2cccc(C(F)(F)F)c2)cc1Cl. The second kappa shape index (κ2) is 5.71. The minimum atomic E-state index is -4.38. The first kappa shape index (κ1) is 14.7. The Labute approximate surface area is 118 Å². The number of nitrogens with one attached hydrogen (secondary N) is 1. The molecule has 0 heterocycles. The third-order valence-electron chi connectivity index (χ3n) is 2.67. The van der Waals surface area contributed by atoms with E-state index in [0.717, 1.165) is 12.1 Å². The zero-order chi connectivity index (χ0) is 14.8. The van der Waals surface area contributed by atoms with E-state index in [-0.39, 0.29) is 11.6 Å². The maximum absolute atomic E-state index is 13.0. The number of alkyl halides is 3. The summed E-state index contributed by atoms with van der Waals surface area (Å²) < 4.78 is 50.6. The van der Waals surface area contributed by atoms with Crippen LogP contribution in [0.4, 0.5) is 23.2 Å². The van der Waals surface area contributed by atoms with E-state index in [1.165, 1.54) is 30.3 Å². The fourth-order valence-electron chi connectivity index (χ4n) is 1.66. The Bertz CT molecular complexity index is 610. The van der Waals surface area contributed by atoms with E-state index in [2.05, 4.69) is 5.32 Å². The predicted molar refractivity (Wildman–Crippen MR) is 70.2 cm³/mol. The number of hydrogen-bond donors (Lipinski definition) is 1. The highest BCUT2D eigenvalue weighted by atomic mass is 35.5. The Morgan fingerprint density at radius 1 is 1.05 bits per heavy atom. The molecular weight excluding hydrogens is 294 g/mol. The van der Waals surface area contributed by atoms with E-state index >= 15 is 0 Å². The number of anilines is 1. The molecule has 0 unspecified atom stereocenters. The van der Waals surface area contributed by atoms with Gasteiger partial charge in [0.25, 0.3) is 0 Å². The van der Waals surface area contributed by atoms with Crippen molar-refractivity contribution in [3.05, 3.63) is 64.4 Å². The zero-order valence-corrected chi connectivity index (χ0v) is 10.9. The van der Waals surface area contributed by atoms with Gasteiger partial charge in [-0.2, -0.15) is 13.2 Å². The summed E-state index contributed by atoms with van der Waals surface area (Å²) in [6, 6.07) is 9.03. The molecule has 0 radical (unpaired) electrons. The summed E-state index contributed by atoms with van der Waals surface area (Å²) in [7, 11) is 0. The third-order valence-corrected chi connectivity index (χ3v) is 2.96. The van der Waals surface area contributed by atoms with Gasteiger partial charge in [0, 0.05) is 12.2 Å². The van der Waals surface area contributed by atoms with Gasteiger partial charge in [0.05, 0.1) is 10.6 Å². The van der Waals surface area contributed by atoms with Gasteiger partial charge >= 0.3 is 6.18 Å². The van der Waals surface area contributed by atoms with Crippen LogP contribution >= 0.6 is 11.6 Å². The molecule has 2 aromatic carbocycles. The van der Waals surface area contributed by atoms with Gasteiger partial charge in [-0.15, -0.1) is 0 Å². The van der Waals surface area contributed by atoms with Gasteiger partial charge in [0.15, 0.2) is 0 Å². The molecule has 0 aromatic heterocycles. The summed E-state index contributed by atoms with van der Waals surface area (Å²) in [5, 5.41) is 2.82. The Morgan fingerprint density at radius 2 is 1.80 bits per heavy atom. The normalized spacial score (nSPS) is 11.4. The average Bonchev–Trinajstić information content (AvgIpc) is 2.39. The molecule has 0 saturated carbocycles. The molecule has 0 bridgehead atoms. The summed E-state index contributed by atoms with van der Waals surface area (Å²) >= 11 is 5.63. The molecule has 0 saturated heterocycles. The lowest BCUT2D eigenvalue weighted by atomic mass is 10.1. The lowest BCUT2D eigenvalue weighted by molar-refractivity contribution is -0.137. The smallest absolute Gasteiger partial charge is 0.381 e. The van der Waals surface area contributed by atoms with Crippen LogP contribution in [0.15, 0.2) is 42.5 Å². The Kier molecular flexibility index (Phi) is 4.18. The van der Waals surface area contributed by atoms with Gasteiger partial charge in [-0.25, -0.2) is 4.39 Å². The van der Waals surface area contributed by atoms with Crippen molar-refractivity contribution in [1.29, 1.82) is 0 Å². The number of benzene rings is 2. The first-order valence-electron chi connectivity index (χ1n) is 5.71. The molecule has 6 heteroatoms. The van der Waals surface area contributed by atoms with Crippen molar-refractivity contribution in [2.75, 3.05) is 5.32 Å². The molecule has 0 aliphatic rings. The third kappa shape index (κ3) is 3.63. The van der Waals surface area contributed by atoms with Gasteiger partial charge in [0.1, 0.15) is 5.82 Å². The van der Waals surface area contributed by atoms with Crippen molar-refractivity contribution in [1.82, 2.24) is 0 Å². The van der Waals surface area contributed by atoms with Crippen molar-refractivity contribution in [3.8, 4) is 0 Å². The summed E-state index contributed by atoms with van der Waals surface area (Å²) in [6.45, 7) is 0.251. The molecule has 0 fully saturated rings. The van der Waals surface area contributed by atoms with Crippen molar-refractivity contribution in [3.63, 3.8) is 0 Å². The van der Waals surface area contributed by atoms with Gasteiger partial charge in [-0.05, 0) is 35.9 Å². The second-order valence-electron chi connectivity index (χ2n) is 4.18. The van der Waals surface area contributed by atoms with Crippen LogP contribution in [0, 0.1) is 5.82 Å².